The van der Waals surface area contributed by atoms with Crippen LogP contribution >= 0.6 is 0 Å². The quantitative estimate of drug-likeness (QED) is 0.460. The number of nitrogens with zero attached hydrogens (tertiary/aromatic N) is 1. The third-order valence-corrected chi connectivity index (χ3v) is 6.74. The van der Waals surface area contributed by atoms with E-state index in [2.05, 4.69) is 10.0 Å². The fourth-order valence-electron chi connectivity index (χ4n) is 3.80. The zero-order valence-corrected chi connectivity index (χ0v) is 18.6. The minimum absolute atomic E-state index is 0.0662. The molecule has 0 radical (unpaired) electrons. The average Bonchev–Trinajstić information content (AvgIpc) is 3.04. The van der Waals surface area contributed by atoms with Crippen LogP contribution in [0.15, 0.2) is 53.6 Å². The molecule has 0 saturated carbocycles. The van der Waals surface area contributed by atoms with Crippen LogP contribution in [0.1, 0.15) is 28.0 Å². The van der Waals surface area contributed by atoms with Crippen LogP contribution in [0.3, 0.4) is 0 Å². The van der Waals surface area contributed by atoms with E-state index >= 15 is 0 Å². The van der Waals surface area contributed by atoms with Gasteiger partial charge >= 0.3 is 0 Å². The molecule has 0 aliphatic carbocycles. The van der Waals surface area contributed by atoms with Gasteiger partial charge in [-0.3, -0.25) is 9.57 Å². The van der Waals surface area contributed by atoms with Crippen molar-refractivity contribution in [2.75, 3.05) is 11.9 Å². The Balaban J connectivity index is 1.46. The van der Waals surface area contributed by atoms with Crippen molar-refractivity contribution in [2.45, 2.75) is 30.4 Å². The summed E-state index contributed by atoms with van der Waals surface area (Å²) in [5.41, 5.74) is 1.88. The highest BCUT2D eigenvalue weighted by Crippen LogP contribution is 2.27. The molecule has 0 saturated heterocycles. The van der Waals surface area contributed by atoms with Crippen LogP contribution in [-0.2, 0) is 35.7 Å². The van der Waals surface area contributed by atoms with E-state index < -0.39 is 34.2 Å². The summed E-state index contributed by atoms with van der Waals surface area (Å²) in [7, 11) is 0.600. The Morgan fingerprint density at radius 3 is 2.64 bits per heavy atom. The molecule has 2 atom stereocenters. The number of benzene rings is 2. The third kappa shape index (κ3) is 5.18. The fourth-order valence-corrected chi connectivity index (χ4v) is 5.15. The highest BCUT2D eigenvalue weighted by molar-refractivity contribution is 7.84. The summed E-state index contributed by atoms with van der Waals surface area (Å²) in [5, 5.41) is 2.43. The molecule has 1 aliphatic heterocycles. The number of halogens is 3. The second-order valence-electron chi connectivity index (χ2n) is 7.80. The highest BCUT2D eigenvalue weighted by Gasteiger charge is 2.27. The van der Waals surface area contributed by atoms with E-state index in [1.807, 2.05) is 30.3 Å². The lowest BCUT2D eigenvalue weighted by molar-refractivity contribution is 0.101. The predicted molar refractivity (Wildman–Crippen MR) is 119 cm³/mol. The Labute approximate surface area is 191 Å². The summed E-state index contributed by atoms with van der Waals surface area (Å²) < 4.78 is 59.5. The van der Waals surface area contributed by atoms with Gasteiger partial charge in [-0.15, -0.1) is 0 Å². The lowest BCUT2D eigenvalue weighted by Gasteiger charge is -2.17. The largest absolute Gasteiger partial charge is 0.375 e. The lowest BCUT2D eigenvalue weighted by Crippen LogP contribution is -2.33. The molecule has 1 amide bonds. The number of hydrogen-bond donors (Lipinski definition) is 3. The lowest BCUT2D eigenvalue weighted by atomic mass is 10.1. The second-order valence-corrected chi connectivity index (χ2v) is 9.09. The number of ether oxygens (including phenoxy) is 1. The molecule has 1 aliphatic rings. The molecule has 4 rings (SSSR count). The minimum Gasteiger partial charge on any atom is -0.375 e. The number of aryl methyl sites for hydroxylation is 1. The average molecular weight is 477 g/mol. The predicted octanol–water partition coefficient (Wildman–Crippen LogP) is 4.47. The van der Waals surface area contributed by atoms with E-state index in [-0.39, 0.29) is 11.7 Å². The number of amides is 1. The number of aromatic nitrogens is 1. The van der Waals surface area contributed by atoms with Gasteiger partial charge < -0.3 is 14.6 Å². The van der Waals surface area contributed by atoms with Crippen LogP contribution in [-0.4, -0.2) is 23.1 Å². The van der Waals surface area contributed by atoms with E-state index in [4.69, 9.17) is 9.52 Å². The molecule has 2 aromatic carbocycles. The number of carbonyl (C=O) groups is 1. The standard InChI is InChI=1S/C23H23F3N4O2S/c1-30-11-20-17(22(30)23(31)28-16-9-18(24)21(26)19(25)10-16)8-7-15(29-33(20)27)13-32-12-14-5-3-2-4-6-14/h2-6,9-11,15H,7-8,12-13H2,1H3,(H2,27,29)(H,28,31). The second kappa shape index (κ2) is 9.90. The van der Waals surface area contributed by atoms with Crippen LogP contribution in [0.2, 0.25) is 0 Å². The Morgan fingerprint density at radius 2 is 1.94 bits per heavy atom. The molecule has 0 fully saturated rings. The maximum atomic E-state index is 13.5. The van der Waals surface area contributed by atoms with E-state index in [1.54, 1.807) is 17.8 Å². The molecule has 6 nitrogen and oxygen atoms in total. The highest BCUT2D eigenvalue weighted by atomic mass is 32.2. The van der Waals surface area contributed by atoms with Crippen LogP contribution in [0, 0.1) is 22.2 Å². The number of hydrogen-bond acceptors (Lipinski definition) is 3. The Bertz CT molecular complexity index is 1180. The van der Waals surface area contributed by atoms with Gasteiger partial charge in [0, 0.05) is 37.1 Å². The molecular formula is C23H23F3N4O2S. The first-order valence-electron chi connectivity index (χ1n) is 10.3. The van der Waals surface area contributed by atoms with Gasteiger partial charge in [0.05, 0.1) is 18.1 Å². The Hall–Kier alpha value is -2.95. The van der Waals surface area contributed by atoms with E-state index in [0.29, 0.717) is 42.2 Å². The normalized spacial score (nSPS) is 17.9. The minimum atomic E-state index is -1.59. The smallest absolute Gasteiger partial charge is 0.272 e. The van der Waals surface area contributed by atoms with Gasteiger partial charge in [0.25, 0.3) is 5.91 Å². The van der Waals surface area contributed by atoms with Gasteiger partial charge in [-0.2, -0.15) is 0 Å². The van der Waals surface area contributed by atoms with Crippen molar-refractivity contribution in [3.63, 3.8) is 0 Å². The van der Waals surface area contributed by atoms with Crippen molar-refractivity contribution in [2.24, 2.45) is 7.05 Å². The van der Waals surface area contributed by atoms with E-state index in [9.17, 15) is 18.0 Å². The van der Waals surface area contributed by atoms with Gasteiger partial charge in [-0.1, -0.05) is 30.3 Å². The first kappa shape index (κ1) is 23.2. The topological polar surface area (TPSA) is 79.1 Å². The van der Waals surface area contributed by atoms with Crippen molar-refractivity contribution in [3.05, 3.63) is 82.9 Å². The maximum Gasteiger partial charge on any atom is 0.272 e. The van der Waals surface area contributed by atoms with Gasteiger partial charge in [0.2, 0.25) is 0 Å². The van der Waals surface area contributed by atoms with Crippen LogP contribution < -0.4 is 10.0 Å². The Morgan fingerprint density at radius 1 is 1.24 bits per heavy atom. The van der Waals surface area contributed by atoms with Gasteiger partial charge in [0.1, 0.15) is 5.69 Å². The van der Waals surface area contributed by atoms with Crippen LogP contribution in [0.4, 0.5) is 18.9 Å². The molecular weight excluding hydrogens is 453 g/mol. The Kier molecular flexibility index (Phi) is 6.96. The van der Waals surface area contributed by atoms with Crippen molar-refractivity contribution in [1.82, 2.24) is 9.29 Å². The summed E-state index contributed by atoms with van der Waals surface area (Å²) in [6, 6.07) is 11.2. The summed E-state index contributed by atoms with van der Waals surface area (Å²) >= 11 is 0. The van der Waals surface area contributed by atoms with Crippen molar-refractivity contribution < 1.29 is 22.7 Å². The molecule has 2 unspecified atom stereocenters. The monoisotopic (exact) mass is 476 g/mol. The maximum absolute atomic E-state index is 13.5. The number of nitrogens with one attached hydrogen (secondary N) is 3. The molecule has 174 valence electrons. The molecule has 3 N–H and O–H groups in total. The van der Waals surface area contributed by atoms with Crippen molar-refractivity contribution in [3.8, 4) is 0 Å². The molecule has 10 heteroatoms. The molecule has 0 spiro atoms. The van der Waals surface area contributed by atoms with E-state index in [0.717, 1.165) is 17.7 Å². The zero-order chi connectivity index (χ0) is 23.5. The third-order valence-electron chi connectivity index (χ3n) is 5.38. The zero-order valence-electron chi connectivity index (χ0n) is 17.8. The molecule has 33 heavy (non-hydrogen) atoms. The molecule has 1 aromatic heterocycles. The van der Waals surface area contributed by atoms with E-state index in [1.165, 1.54) is 0 Å². The molecule has 3 aromatic rings. The van der Waals surface area contributed by atoms with Gasteiger partial charge in [-0.25, -0.2) is 17.9 Å². The van der Waals surface area contributed by atoms with Crippen molar-refractivity contribution in [1.29, 1.82) is 4.78 Å². The number of anilines is 1. The SMILES string of the molecule is Cn1cc2c(c1C(=O)Nc1cc(F)c(F)c(F)c1)CCC(COCc1ccccc1)NS2=N. The van der Waals surface area contributed by atoms with Crippen LogP contribution in [0.5, 0.6) is 0 Å². The summed E-state index contributed by atoms with van der Waals surface area (Å²) in [4.78, 5) is 13.6. The molecule has 2 heterocycles. The summed E-state index contributed by atoms with van der Waals surface area (Å²) in [6.07, 6.45) is 2.89. The van der Waals surface area contributed by atoms with Crippen molar-refractivity contribution >= 4 is 22.5 Å². The summed E-state index contributed by atoms with van der Waals surface area (Å²) in [6.45, 7) is 0.890. The van der Waals surface area contributed by atoms with Gasteiger partial charge in [-0.05, 0) is 34.8 Å². The van der Waals surface area contributed by atoms with Crippen LogP contribution in [0.25, 0.3) is 0 Å². The number of fused-ring (bicyclic) bond motifs is 1. The molecule has 0 bridgehead atoms. The number of carbonyl (C=O) groups excluding carboxylic acids is 1. The fraction of sp³-hybridized carbons (Fsp3) is 0.261. The van der Waals surface area contributed by atoms with Gasteiger partial charge in [0.15, 0.2) is 17.5 Å². The summed E-state index contributed by atoms with van der Waals surface area (Å²) in [5.74, 6) is -4.94. The number of rotatable bonds is 6. The first-order valence-corrected chi connectivity index (χ1v) is 11.5. The first-order chi connectivity index (χ1) is 15.8.